The van der Waals surface area contributed by atoms with E-state index in [4.69, 9.17) is 0 Å². The third kappa shape index (κ3) is 3.64. The summed E-state index contributed by atoms with van der Waals surface area (Å²) in [6, 6.07) is 10.7. The van der Waals surface area contributed by atoms with E-state index in [1.54, 1.807) is 18.2 Å². The summed E-state index contributed by atoms with van der Waals surface area (Å²) in [5, 5.41) is 13.4. The van der Waals surface area contributed by atoms with Gasteiger partial charge in [-0.05, 0) is 42.5 Å². The van der Waals surface area contributed by atoms with Gasteiger partial charge in [-0.1, -0.05) is 15.9 Å². The van der Waals surface area contributed by atoms with Crippen LogP contribution in [0.15, 0.2) is 46.9 Å². The fraction of sp³-hybridized carbons (Fsp3) is 0.176. The van der Waals surface area contributed by atoms with E-state index in [1.807, 2.05) is 0 Å². The van der Waals surface area contributed by atoms with Gasteiger partial charge in [0.05, 0.1) is 12.7 Å². The van der Waals surface area contributed by atoms with Crippen molar-refractivity contribution in [1.82, 2.24) is 0 Å². The van der Waals surface area contributed by atoms with Crippen LogP contribution in [0.25, 0.3) is 0 Å². The molecule has 0 bridgehead atoms. The van der Waals surface area contributed by atoms with Crippen molar-refractivity contribution in [3.8, 4) is 0 Å². The molecule has 0 saturated heterocycles. The van der Waals surface area contributed by atoms with Gasteiger partial charge < -0.3 is 10.4 Å². The number of halogens is 1. The Hall–Kier alpha value is -2.23. The average Bonchev–Trinajstić information content (AvgIpc) is 2.78. The quantitative estimate of drug-likeness (QED) is 0.619. The third-order valence-corrected chi connectivity index (χ3v) is 5.08. The van der Waals surface area contributed by atoms with Gasteiger partial charge in [0.15, 0.2) is 11.4 Å². The number of anilines is 2. The van der Waals surface area contributed by atoms with Crippen LogP contribution in [0.1, 0.15) is 22.3 Å². The number of benzene rings is 2. The lowest BCUT2D eigenvalue weighted by molar-refractivity contribution is -0.133. The van der Waals surface area contributed by atoms with Gasteiger partial charge in [0.1, 0.15) is 0 Å². The number of hydrogen-bond donors (Lipinski definition) is 3. The van der Waals surface area contributed by atoms with E-state index < -0.39 is 33.7 Å². The molecule has 0 unspecified atom stereocenters. The van der Waals surface area contributed by atoms with E-state index in [9.17, 15) is 23.1 Å². The lowest BCUT2D eigenvalue weighted by Crippen LogP contribution is -2.36. The van der Waals surface area contributed by atoms with E-state index >= 15 is 0 Å². The van der Waals surface area contributed by atoms with Gasteiger partial charge in [-0.15, -0.1) is 0 Å². The highest BCUT2D eigenvalue weighted by Gasteiger charge is 2.46. The molecule has 1 aliphatic heterocycles. The smallest absolute Gasteiger partial charge is 0.261 e. The molecule has 7 nitrogen and oxygen atoms in total. The van der Waals surface area contributed by atoms with Crippen LogP contribution < -0.4 is 10.0 Å². The number of Topliss-reactive ketones (excluding diaryl/α,β-unsaturated/α-hetero) is 1. The number of carbonyl (C=O) groups excluding carboxylic acids is 2. The van der Waals surface area contributed by atoms with E-state index in [-0.39, 0.29) is 5.56 Å². The Labute approximate surface area is 158 Å². The summed E-state index contributed by atoms with van der Waals surface area (Å²) in [4.78, 5) is 24.8. The van der Waals surface area contributed by atoms with E-state index in [1.165, 1.54) is 24.3 Å². The summed E-state index contributed by atoms with van der Waals surface area (Å²) in [7, 11) is -3.42. The first-order valence-electron chi connectivity index (χ1n) is 7.53. The molecule has 0 radical (unpaired) electrons. The molecular formula is C17H15BrN2O5S. The number of hydrogen-bond acceptors (Lipinski definition) is 5. The monoisotopic (exact) mass is 438 g/mol. The van der Waals surface area contributed by atoms with E-state index in [0.29, 0.717) is 21.4 Å². The van der Waals surface area contributed by atoms with Crippen molar-refractivity contribution in [2.75, 3.05) is 16.3 Å². The summed E-state index contributed by atoms with van der Waals surface area (Å²) in [6.07, 6.45) is 0.594. The normalized spacial score (nSPS) is 19.0. The number of sulfonamides is 1. The van der Waals surface area contributed by atoms with Crippen LogP contribution in [0, 0.1) is 0 Å². The van der Waals surface area contributed by atoms with Crippen LogP contribution >= 0.6 is 15.9 Å². The number of fused-ring (bicyclic) bond motifs is 1. The molecule has 2 aromatic carbocycles. The van der Waals surface area contributed by atoms with Crippen molar-refractivity contribution in [3.05, 3.63) is 58.1 Å². The first-order valence-corrected chi connectivity index (χ1v) is 10.2. The molecule has 1 atom stereocenters. The highest BCUT2D eigenvalue weighted by Crippen LogP contribution is 2.40. The minimum Gasteiger partial charge on any atom is -0.375 e. The fourth-order valence-corrected chi connectivity index (χ4v) is 3.69. The lowest BCUT2D eigenvalue weighted by Gasteiger charge is -2.20. The van der Waals surface area contributed by atoms with Crippen LogP contribution in [-0.4, -0.2) is 31.5 Å². The van der Waals surface area contributed by atoms with Crippen molar-refractivity contribution >= 4 is 49.0 Å². The van der Waals surface area contributed by atoms with E-state index in [2.05, 4.69) is 26.0 Å². The minimum absolute atomic E-state index is 0.258. The lowest BCUT2D eigenvalue weighted by atomic mass is 9.88. The Kier molecular flexibility index (Phi) is 4.63. The van der Waals surface area contributed by atoms with Crippen molar-refractivity contribution in [1.29, 1.82) is 0 Å². The molecule has 0 spiro atoms. The average molecular weight is 439 g/mol. The van der Waals surface area contributed by atoms with Crippen LogP contribution in [-0.2, 0) is 20.4 Å². The fourth-order valence-electron chi connectivity index (χ4n) is 2.76. The second-order valence-corrected chi connectivity index (χ2v) is 8.72. The van der Waals surface area contributed by atoms with Crippen molar-refractivity contribution in [2.24, 2.45) is 0 Å². The number of ketones is 1. The number of carbonyl (C=O) groups is 2. The van der Waals surface area contributed by atoms with Gasteiger partial charge in [0, 0.05) is 27.0 Å². The molecule has 0 saturated carbocycles. The Bertz CT molecular complexity index is 1000. The molecule has 136 valence electrons. The molecule has 3 N–H and O–H groups in total. The Morgan fingerprint density at radius 2 is 1.88 bits per heavy atom. The summed E-state index contributed by atoms with van der Waals surface area (Å²) < 4.78 is 25.4. The van der Waals surface area contributed by atoms with Gasteiger partial charge >= 0.3 is 0 Å². The van der Waals surface area contributed by atoms with Crippen LogP contribution in [0.4, 0.5) is 11.4 Å². The largest absolute Gasteiger partial charge is 0.375 e. The predicted molar refractivity (Wildman–Crippen MR) is 101 cm³/mol. The van der Waals surface area contributed by atoms with E-state index in [0.717, 1.165) is 6.26 Å². The zero-order valence-corrected chi connectivity index (χ0v) is 16.0. The molecule has 2 aromatic rings. The molecule has 1 aliphatic rings. The summed E-state index contributed by atoms with van der Waals surface area (Å²) in [6.45, 7) is 0. The maximum atomic E-state index is 12.6. The van der Waals surface area contributed by atoms with Crippen LogP contribution in [0.2, 0.25) is 0 Å². The van der Waals surface area contributed by atoms with Crippen molar-refractivity contribution in [2.45, 2.75) is 12.0 Å². The highest BCUT2D eigenvalue weighted by molar-refractivity contribution is 9.10. The number of nitrogens with one attached hydrogen (secondary N) is 2. The van der Waals surface area contributed by atoms with Gasteiger partial charge in [-0.3, -0.25) is 14.3 Å². The number of aliphatic hydroxyl groups is 1. The zero-order valence-electron chi connectivity index (χ0n) is 13.6. The molecule has 3 rings (SSSR count). The molecule has 26 heavy (non-hydrogen) atoms. The van der Waals surface area contributed by atoms with Gasteiger partial charge in [0.2, 0.25) is 10.0 Å². The zero-order chi connectivity index (χ0) is 19.1. The molecule has 0 aromatic heterocycles. The standard InChI is InChI=1S/C17H15BrN2O5S/c1-26(24,25)20-12-5-2-10(3-6-12)15(21)9-17(23)13-8-11(18)4-7-14(13)19-16(17)22/h2-8,20,23H,9H2,1H3,(H,19,22)/t17-/m1/s1. The van der Waals surface area contributed by atoms with Crippen molar-refractivity contribution < 1.29 is 23.1 Å². The summed E-state index contributed by atoms with van der Waals surface area (Å²) in [5.41, 5.74) is -0.592. The van der Waals surface area contributed by atoms with Gasteiger partial charge in [-0.2, -0.15) is 0 Å². The van der Waals surface area contributed by atoms with Crippen LogP contribution in [0.5, 0.6) is 0 Å². The number of rotatable bonds is 5. The maximum Gasteiger partial charge on any atom is 0.261 e. The maximum absolute atomic E-state index is 12.6. The Morgan fingerprint density at radius 1 is 1.23 bits per heavy atom. The molecule has 1 amide bonds. The highest BCUT2D eigenvalue weighted by atomic mass is 79.9. The molecule has 0 fully saturated rings. The van der Waals surface area contributed by atoms with Gasteiger partial charge in [-0.25, -0.2) is 8.42 Å². The van der Waals surface area contributed by atoms with Gasteiger partial charge in [0.25, 0.3) is 5.91 Å². The first-order chi connectivity index (χ1) is 12.1. The summed E-state index contributed by atoms with van der Waals surface area (Å²) in [5.74, 6) is -1.10. The Morgan fingerprint density at radius 3 is 2.50 bits per heavy atom. The summed E-state index contributed by atoms with van der Waals surface area (Å²) >= 11 is 3.29. The second-order valence-electron chi connectivity index (χ2n) is 6.06. The van der Waals surface area contributed by atoms with Crippen molar-refractivity contribution in [3.63, 3.8) is 0 Å². The predicted octanol–water partition coefficient (Wildman–Crippen LogP) is 2.23. The first kappa shape index (κ1) is 18.6. The topological polar surface area (TPSA) is 113 Å². The molecular weight excluding hydrogens is 424 g/mol. The molecule has 0 aliphatic carbocycles. The third-order valence-electron chi connectivity index (χ3n) is 3.98. The second kappa shape index (κ2) is 6.49. The Balaban J connectivity index is 1.84. The SMILES string of the molecule is CS(=O)(=O)Nc1ccc(C(=O)C[C@]2(O)C(=O)Nc3ccc(Br)cc32)cc1. The van der Waals surface area contributed by atoms with Crippen LogP contribution in [0.3, 0.4) is 0 Å². The number of amides is 1. The molecule has 1 heterocycles. The molecule has 9 heteroatoms. The minimum atomic E-state index is -3.42.